The molecule has 0 spiro atoms. The van der Waals surface area contributed by atoms with Crippen LogP contribution in [0.1, 0.15) is 30.2 Å². The summed E-state index contributed by atoms with van der Waals surface area (Å²) in [6.45, 7) is 2.07. The molecule has 0 aliphatic heterocycles. The Morgan fingerprint density at radius 1 is 1.69 bits per heavy atom. The predicted molar refractivity (Wildman–Crippen MR) is 52.2 cm³/mol. The average molecular weight is 196 g/mol. The van der Waals surface area contributed by atoms with E-state index >= 15 is 0 Å². The molecule has 1 aliphatic carbocycles. The fraction of sp³-hybridized carbons (Fsp3) is 0.500. The molecule has 1 saturated carbocycles. The number of rotatable bonds is 3. The number of carbonyl (C=O) groups is 1. The summed E-state index contributed by atoms with van der Waals surface area (Å²) >= 11 is 1.59. The van der Waals surface area contributed by atoms with Gasteiger partial charge in [0.25, 0.3) is 0 Å². The highest BCUT2D eigenvalue weighted by molar-refractivity contribution is 7.10. The van der Waals surface area contributed by atoms with E-state index < -0.39 is 11.4 Å². The molecule has 0 unspecified atom stereocenters. The van der Waals surface area contributed by atoms with E-state index in [9.17, 15) is 4.79 Å². The van der Waals surface area contributed by atoms with Crippen LogP contribution in [0.5, 0.6) is 0 Å². The van der Waals surface area contributed by atoms with Gasteiger partial charge < -0.3 is 5.11 Å². The molecule has 0 atom stereocenters. The lowest BCUT2D eigenvalue weighted by atomic mass is 10.0. The molecule has 13 heavy (non-hydrogen) atoms. The highest BCUT2D eigenvalue weighted by Crippen LogP contribution is 2.51. The van der Waals surface area contributed by atoms with Crippen molar-refractivity contribution in [2.45, 2.75) is 31.6 Å². The smallest absolute Gasteiger partial charge is 0.314 e. The van der Waals surface area contributed by atoms with Gasteiger partial charge in [0.05, 0.1) is 0 Å². The van der Waals surface area contributed by atoms with Gasteiger partial charge in [0.15, 0.2) is 0 Å². The lowest BCUT2D eigenvalue weighted by molar-refractivity contribution is -0.139. The fourth-order valence-electron chi connectivity index (χ4n) is 1.70. The molecular formula is C10H12O2S. The number of hydrogen-bond acceptors (Lipinski definition) is 2. The molecule has 3 heteroatoms. The first-order valence-corrected chi connectivity index (χ1v) is 5.39. The Morgan fingerprint density at radius 2 is 2.38 bits per heavy atom. The lowest BCUT2D eigenvalue weighted by Crippen LogP contribution is -2.19. The maximum atomic E-state index is 11.1. The molecule has 0 aromatic carbocycles. The second-order valence-corrected chi connectivity index (χ2v) is 4.43. The van der Waals surface area contributed by atoms with E-state index in [1.807, 2.05) is 11.4 Å². The molecular weight excluding hydrogens is 184 g/mol. The molecule has 1 aromatic rings. The maximum absolute atomic E-state index is 11.1. The van der Waals surface area contributed by atoms with Crippen LogP contribution < -0.4 is 0 Å². The van der Waals surface area contributed by atoms with Gasteiger partial charge in [0, 0.05) is 4.88 Å². The Balaban J connectivity index is 2.40. The summed E-state index contributed by atoms with van der Waals surface area (Å²) < 4.78 is 0. The van der Waals surface area contributed by atoms with E-state index in [0.717, 1.165) is 24.1 Å². The fourth-order valence-corrected chi connectivity index (χ4v) is 2.95. The third kappa shape index (κ3) is 1.18. The molecule has 0 radical (unpaired) electrons. The standard InChI is InChI=1S/C10H12O2S/c1-2-7-3-6-13-8(7)10(4-5-10)9(11)12/h3,6H,2,4-5H2,1H3,(H,11,12). The topological polar surface area (TPSA) is 37.3 Å². The third-order valence-electron chi connectivity index (χ3n) is 2.72. The Labute approximate surface area is 81.2 Å². The Kier molecular flexibility index (Phi) is 1.91. The number of hydrogen-bond donors (Lipinski definition) is 1. The summed E-state index contributed by atoms with van der Waals surface area (Å²) in [5, 5.41) is 11.1. The zero-order valence-corrected chi connectivity index (χ0v) is 8.36. The first-order chi connectivity index (χ1) is 6.20. The summed E-state index contributed by atoms with van der Waals surface area (Å²) in [6, 6.07) is 2.04. The van der Waals surface area contributed by atoms with Crippen molar-refractivity contribution in [1.29, 1.82) is 0 Å². The summed E-state index contributed by atoms with van der Waals surface area (Å²) in [7, 11) is 0. The second kappa shape index (κ2) is 2.84. The van der Waals surface area contributed by atoms with Crippen molar-refractivity contribution >= 4 is 17.3 Å². The van der Waals surface area contributed by atoms with Crippen LogP contribution in [0.4, 0.5) is 0 Å². The molecule has 0 saturated heterocycles. The van der Waals surface area contributed by atoms with Gasteiger partial charge in [-0.25, -0.2) is 0 Å². The monoisotopic (exact) mass is 196 g/mol. The van der Waals surface area contributed by atoms with Gasteiger partial charge in [-0.2, -0.15) is 0 Å². The number of thiophene rings is 1. The number of aryl methyl sites for hydroxylation is 1. The molecule has 2 rings (SSSR count). The number of carboxylic acid groups (broad SMARTS) is 1. The zero-order chi connectivity index (χ0) is 9.47. The van der Waals surface area contributed by atoms with E-state index in [1.165, 1.54) is 5.56 Å². The quantitative estimate of drug-likeness (QED) is 0.806. The first kappa shape index (κ1) is 8.75. The maximum Gasteiger partial charge on any atom is 0.314 e. The van der Waals surface area contributed by atoms with Crippen molar-refractivity contribution < 1.29 is 9.90 Å². The SMILES string of the molecule is CCc1ccsc1C1(C(=O)O)CC1. The molecule has 2 nitrogen and oxygen atoms in total. The number of carboxylic acids is 1. The molecule has 0 amide bonds. The highest BCUT2D eigenvalue weighted by atomic mass is 32.1. The Morgan fingerprint density at radius 3 is 2.85 bits per heavy atom. The second-order valence-electron chi connectivity index (χ2n) is 3.52. The van der Waals surface area contributed by atoms with Crippen LogP contribution in [0.3, 0.4) is 0 Å². The van der Waals surface area contributed by atoms with Crippen LogP contribution >= 0.6 is 11.3 Å². The highest BCUT2D eigenvalue weighted by Gasteiger charge is 2.53. The molecule has 1 aliphatic rings. The minimum atomic E-state index is -0.648. The molecule has 1 N–H and O–H groups in total. The van der Waals surface area contributed by atoms with Crippen molar-refractivity contribution in [3.63, 3.8) is 0 Å². The van der Waals surface area contributed by atoms with Gasteiger partial charge in [-0.3, -0.25) is 4.79 Å². The van der Waals surface area contributed by atoms with Gasteiger partial charge >= 0.3 is 5.97 Å². The third-order valence-corrected chi connectivity index (χ3v) is 3.88. The molecule has 1 heterocycles. The first-order valence-electron chi connectivity index (χ1n) is 4.51. The van der Waals surface area contributed by atoms with E-state index in [0.29, 0.717) is 0 Å². The predicted octanol–water partition coefficient (Wildman–Crippen LogP) is 2.43. The lowest BCUT2D eigenvalue weighted by Gasteiger charge is -2.09. The van der Waals surface area contributed by atoms with Gasteiger partial charge in [-0.15, -0.1) is 11.3 Å². The van der Waals surface area contributed by atoms with Gasteiger partial charge in [-0.1, -0.05) is 6.92 Å². The Bertz CT molecular complexity index is 336. The van der Waals surface area contributed by atoms with Gasteiger partial charge in [0.1, 0.15) is 5.41 Å². The average Bonchev–Trinajstić information content (AvgIpc) is 2.78. The zero-order valence-electron chi connectivity index (χ0n) is 7.54. The van der Waals surface area contributed by atoms with Gasteiger partial charge in [0.2, 0.25) is 0 Å². The normalized spacial score (nSPS) is 18.5. The molecule has 0 bridgehead atoms. The minimum Gasteiger partial charge on any atom is -0.481 e. The molecule has 1 aromatic heterocycles. The Hall–Kier alpha value is -0.830. The van der Waals surface area contributed by atoms with E-state index in [-0.39, 0.29) is 0 Å². The van der Waals surface area contributed by atoms with Gasteiger partial charge in [-0.05, 0) is 36.3 Å². The summed E-state index contributed by atoms with van der Waals surface area (Å²) in [5.41, 5.74) is 0.712. The van der Waals surface area contributed by atoms with Crippen molar-refractivity contribution in [3.05, 3.63) is 21.9 Å². The van der Waals surface area contributed by atoms with Crippen LogP contribution in [0.25, 0.3) is 0 Å². The minimum absolute atomic E-state index is 0.500. The van der Waals surface area contributed by atoms with Crippen LogP contribution in [0.15, 0.2) is 11.4 Å². The van der Waals surface area contributed by atoms with Crippen LogP contribution in [0, 0.1) is 0 Å². The van der Waals surface area contributed by atoms with Crippen LogP contribution in [-0.2, 0) is 16.6 Å². The van der Waals surface area contributed by atoms with Crippen molar-refractivity contribution in [2.24, 2.45) is 0 Å². The largest absolute Gasteiger partial charge is 0.481 e. The molecule has 1 fully saturated rings. The van der Waals surface area contributed by atoms with Crippen LogP contribution in [0.2, 0.25) is 0 Å². The van der Waals surface area contributed by atoms with E-state index in [4.69, 9.17) is 5.11 Å². The van der Waals surface area contributed by atoms with E-state index in [1.54, 1.807) is 11.3 Å². The van der Waals surface area contributed by atoms with Crippen molar-refractivity contribution in [2.75, 3.05) is 0 Å². The summed E-state index contributed by atoms with van der Waals surface area (Å²) in [4.78, 5) is 12.1. The van der Waals surface area contributed by atoms with Crippen LogP contribution in [-0.4, -0.2) is 11.1 Å². The van der Waals surface area contributed by atoms with Crippen molar-refractivity contribution in [3.8, 4) is 0 Å². The summed E-state index contributed by atoms with van der Waals surface area (Å²) in [6.07, 6.45) is 2.57. The summed E-state index contributed by atoms with van der Waals surface area (Å²) in [5.74, 6) is -0.648. The van der Waals surface area contributed by atoms with E-state index in [2.05, 4.69) is 6.92 Å². The number of aliphatic carboxylic acids is 1. The molecule has 70 valence electrons. The van der Waals surface area contributed by atoms with Crippen molar-refractivity contribution in [1.82, 2.24) is 0 Å².